The van der Waals surface area contributed by atoms with E-state index in [1.54, 1.807) is 12.1 Å². The largest absolute Gasteiger partial charge is 0.508 e. The summed E-state index contributed by atoms with van der Waals surface area (Å²) in [7, 11) is 0. The van der Waals surface area contributed by atoms with E-state index in [2.05, 4.69) is 16.0 Å². The molecule has 0 aromatic heterocycles. The first-order valence-electron chi connectivity index (χ1n) is 12.3. The molecule has 37 heavy (non-hydrogen) atoms. The summed E-state index contributed by atoms with van der Waals surface area (Å²) in [6.07, 6.45) is 2.81. The van der Waals surface area contributed by atoms with Gasteiger partial charge in [0.1, 0.15) is 23.9 Å². The molecular weight excluding hydrogens is 484 g/mol. The van der Waals surface area contributed by atoms with Crippen LogP contribution in [0.15, 0.2) is 24.3 Å². The molecule has 0 unspecified atom stereocenters. The number of unbranched alkanes of at least 4 members (excludes halogenated alkanes) is 2. The predicted octanol–water partition coefficient (Wildman–Crippen LogP) is -1.95. The van der Waals surface area contributed by atoms with Gasteiger partial charge in [0, 0.05) is 6.42 Å². The zero-order valence-corrected chi connectivity index (χ0v) is 20.9. The van der Waals surface area contributed by atoms with E-state index < -0.39 is 54.5 Å². The zero-order chi connectivity index (χ0) is 27.8. The fraction of sp³-hybridized carbons (Fsp3) is 0.583. The molecule has 0 radical (unpaired) electrons. The van der Waals surface area contributed by atoms with Crippen molar-refractivity contribution in [3.8, 4) is 5.75 Å². The second kappa shape index (κ2) is 17.2. The second-order valence-corrected chi connectivity index (χ2v) is 8.75. The third kappa shape index (κ3) is 12.0. The van der Waals surface area contributed by atoms with E-state index in [-0.39, 0.29) is 18.6 Å². The van der Waals surface area contributed by atoms with E-state index in [1.807, 2.05) is 0 Å². The molecule has 0 aliphatic heterocycles. The van der Waals surface area contributed by atoms with Crippen LogP contribution in [-0.2, 0) is 25.6 Å². The Kier molecular flexibility index (Phi) is 14.8. The molecule has 4 atom stereocenters. The lowest BCUT2D eigenvalue weighted by molar-refractivity contribution is -0.142. The number of hydrogen-bond donors (Lipinski definition) is 9. The monoisotopic (exact) mass is 524 g/mol. The zero-order valence-electron chi connectivity index (χ0n) is 20.9. The predicted molar refractivity (Wildman–Crippen MR) is 136 cm³/mol. The Morgan fingerprint density at radius 1 is 0.757 bits per heavy atom. The van der Waals surface area contributed by atoms with Gasteiger partial charge in [0.05, 0.1) is 12.6 Å². The van der Waals surface area contributed by atoms with Crippen molar-refractivity contribution in [2.45, 2.75) is 69.1 Å². The van der Waals surface area contributed by atoms with Crippen LogP contribution in [0.25, 0.3) is 0 Å². The quantitative estimate of drug-likeness (QED) is 0.0961. The molecule has 13 nitrogen and oxygen atoms in total. The van der Waals surface area contributed by atoms with Gasteiger partial charge in [-0.2, -0.15) is 0 Å². The lowest BCUT2D eigenvalue weighted by atomic mass is 10.0. The van der Waals surface area contributed by atoms with Crippen molar-refractivity contribution in [1.29, 1.82) is 0 Å². The topological polar surface area (TPSA) is 243 Å². The maximum atomic E-state index is 13.0. The molecule has 0 saturated heterocycles. The van der Waals surface area contributed by atoms with Gasteiger partial charge in [-0.15, -0.1) is 0 Å². The van der Waals surface area contributed by atoms with Crippen LogP contribution in [0.1, 0.15) is 44.1 Å². The first-order valence-corrected chi connectivity index (χ1v) is 12.3. The van der Waals surface area contributed by atoms with Gasteiger partial charge in [0.25, 0.3) is 0 Å². The molecular formula is C24H40N6O7. The number of aliphatic carboxylic acids is 1. The summed E-state index contributed by atoms with van der Waals surface area (Å²) in [4.78, 5) is 49.9. The summed E-state index contributed by atoms with van der Waals surface area (Å²) in [5.41, 5.74) is 17.3. The lowest BCUT2D eigenvalue weighted by Gasteiger charge is -2.24. The Labute approximate surface area is 216 Å². The average Bonchev–Trinajstić information content (AvgIpc) is 2.87. The number of nitrogens with one attached hydrogen (secondary N) is 3. The molecule has 0 bridgehead atoms. The van der Waals surface area contributed by atoms with Crippen LogP contribution in [-0.4, -0.2) is 82.9 Å². The Morgan fingerprint density at radius 2 is 1.27 bits per heavy atom. The number of rotatable bonds is 18. The van der Waals surface area contributed by atoms with E-state index in [4.69, 9.17) is 17.2 Å². The molecule has 1 aromatic carbocycles. The number of carbonyl (C=O) groups is 4. The molecule has 13 heteroatoms. The fourth-order valence-corrected chi connectivity index (χ4v) is 3.48. The van der Waals surface area contributed by atoms with E-state index in [0.717, 1.165) is 0 Å². The highest BCUT2D eigenvalue weighted by Crippen LogP contribution is 2.12. The molecule has 0 fully saturated rings. The molecule has 0 aliphatic carbocycles. The molecule has 208 valence electrons. The van der Waals surface area contributed by atoms with Crippen LogP contribution < -0.4 is 33.2 Å². The molecule has 0 heterocycles. The number of hydrogen-bond acceptors (Lipinski definition) is 9. The summed E-state index contributed by atoms with van der Waals surface area (Å²) in [5.74, 6) is -3.48. The van der Waals surface area contributed by atoms with Crippen LogP contribution in [0, 0.1) is 0 Å². The van der Waals surface area contributed by atoms with Crippen LogP contribution in [0.4, 0.5) is 0 Å². The highest BCUT2D eigenvalue weighted by atomic mass is 16.4. The summed E-state index contributed by atoms with van der Waals surface area (Å²) < 4.78 is 0. The minimum Gasteiger partial charge on any atom is -0.508 e. The molecule has 1 aromatic rings. The van der Waals surface area contributed by atoms with E-state index in [9.17, 15) is 34.5 Å². The molecule has 0 saturated carbocycles. The minimum absolute atomic E-state index is 0.00508. The van der Waals surface area contributed by atoms with Crippen molar-refractivity contribution in [1.82, 2.24) is 16.0 Å². The Balaban J connectivity index is 2.97. The van der Waals surface area contributed by atoms with Gasteiger partial charge in [0.15, 0.2) is 0 Å². The summed E-state index contributed by atoms with van der Waals surface area (Å²) in [6, 6.07) is 1.17. The number of carbonyl (C=O) groups excluding carboxylic acids is 3. The van der Waals surface area contributed by atoms with Crippen molar-refractivity contribution in [2.24, 2.45) is 17.2 Å². The maximum Gasteiger partial charge on any atom is 0.326 e. The van der Waals surface area contributed by atoms with Crippen molar-refractivity contribution >= 4 is 23.7 Å². The fourth-order valence-electron chi connectivity index (χ4n) is 3.48. The minimum atomic E-state index is -1.39. The van der Waals surface area contributed by atoms with Gasteiger partial charge in [0.2, 0.25) is 17.7 Å². The van der Waals surface area contributed by atoms with Gasteiger partial charge in [-0.25, -0.2) is 4.79 Å². The first-order chi connectivity index (χ1) is 17.6. The van der Waals surface area contributed by atoms with Crippen molar-refractivity contribution < 1.29 is 34.5 Å². The van der Waals surface area contributed by atoms with Gasteiger partial charge in [-0.1, -0.05) is 18.6 Å². The van der Waals surface area contributed by atoms with Gasteiger partial charge in [-0.05, 0) is 62.9 Å². The SMILES string of the molecule is NCCCC[C@H](NC(=O)[C@H](Cc1ccc(O)cc1)NC(=O)[C@H](CO)NC(=O)[C@@H](N)CCCCN)C(=O)O. The molecule has 0 spiro atoms. The van der Waals surface area contributed by atoms with E-state index in [1.165, 1.54) is 12.1 Å². The number of amides is 3. The number of phenols is 1. The van der Waals surface area contributed by atoms with Gasteiger partial charge in [-0.3, -0.25) is 14.4 Å². The van der Waals surface area contributed by atoms with Gasteiger partial charge < -0.3 is 48.5 Å². The molecule has 1 rings (SSSR count). The van der Waals surface area contributed by atoms with Crippen molar-refractivity contribution in [3.05, 3.63) is 29.8 Å². The Morgan fingerprint density at radius 3 is 1.81 bits per heavy atom. The third-order valence-electron chi connectivity index (χ3n) is 5.69. The van der Waals surface area contributed by atoms with E-state index >= 15 is 0 Å². The summed E-state index contributed by atoms with van der Waals surface area (Å²) in [5, 5.41) is 36.0. The number of nitrogens with two attached hydrogens (primary N) is 3. The average molecular weight is 525 g/mol. The third-order valence-corrected chi connectivity index (χ3v) is 5.69. The molecule has 0 aliphatic rings. The number of carboxylic acid groups (broad SMARTS) is 1. The van der Waals surface area contributed by atoms with Crippen LogP contribution in [0.2, 0.25) is 0 Å². The highest BCUT2D eigenvalue weighted by molar-refractivity contribution is 5.94. The number of phenolic OH excluding ortho intramolecular Hbond substituents is 1. The highest BCUT2D eigenvalue weighted by Gasteiger charge is 2.30. The number of benzene rings is 1. The first kappa shape index (κ1) is 31.8. The number of carboxylic acids is 1. The van der Waals surface area contributed by atoms with Crippen molar-refractivity contribution in [2.75, 3.05) is 19.7 Å². The number of aromatic hydroxyl groups is 1. The lowest BCUT2D eigenvalue weighted by Crippen LogP contribution is -2.58. The molecule has 12 N–H and O–H groups in total. The smallest absolute Gasteiger partial charge is 0.326 e. The Bertz CT molecular complexity index is 868. The summed E-state index contributed by atoms with van der Waals surface area (Å²) >= 11 is 0. The maximum absolute atomic E-state index is 13.0. The van der Waals surface area contributed by atoms with Crippen LogP contribution >= 0.6 is 0 Å². The van der Waals surface area contributed by atoms with Crippen LogP contribution in [0.5, 0.6) is 5.75 Å². The standard InChI is InChI=1S/C24H40N6O7/c25-11-3-1-5-17(27)21(33)30-20(14-31)23(35)29-19(13-15-7-9-16(32)10-8-15)22(34)28-18(24(36)37)6-2-4-12-26/h7-10,17-20,31-32H,1-6,11-14,25-27H2,(H,28,34)(H,29,35)(H,30,33)(H,36,37)/t17-,18-,19-,20-/m0/s1. The van der Waals surface area contributed by atoms with Crippen molar-refractivity contribution in [3.63, 3.8) is 0 Å². The van der Waals surface area contributed by atoms with Crippen LogP contribution in [0.3, 0.4) is 0 Å². The Hall–Kier alpha value is -3.26. The van der Waals surface area contributed by atoms with Gasteiger partial charge >= 0.3 is 5.97 Å². The number of aliphatic hydroxyl groups is 1. The molecule has 3 amide bonds. The van der Waals surface area contributed by atoms with E-state index in [0.29, 0.717) is 50.8 Å². The second-order valence-electron chi connectivity index (χ2n) is 8.75. The normalized spacial score (nSPS) is 14.2. The summed E-state index contributed by atoms with van der Waals surface area (Å²) in [6.45, 7) is 0.0818. The number of aliphatic hydroxyl groups excluding tert-OH is 1.